The van der Waals surface area contributed by atoms with Gasteiger partial charge in [-0.1, -0.05) is 64.5 Å². The summed E-state index contributed by atoms with van der Waals surface area (Å²) >= 11 is 0. The molecule has 1 aromatic rings. The van der Waals surface area contributed by atoms with Crippen molar-refractivity contribution in [2.24, 2.45) is 5.73 Å². The lowest BCUT2D eigenvalue weighted by atomic mass is 9.99. The normalized spacial score (nSPS) is 10.6. The van der Waals surface area contributed by atoms with E-state index >= 15 is 0 Å². The summed E-state index contributed by atoms with van der Waals surface area (Å²) in [5.41, 5.74) is 7.61. The zero-order valence-corrected chi connectivity index (χ0v) is 14.2. The number of benzene rings is 1. The molecular weight excluding hydrogens is 274 g/mol. The molecule has 1 aromatic carbocycles. The Labute approximate surface area is 135 Å². The van der Waals surface area contributed by atoms with Crippen molar-refractivity contribution < 1.29 is 9.53 Å². The van der Waals surface area contributed by atoms with Gasteiger partial charge in [-0.15, -0.1) is 0 Å². The van der Waals surface area contributed by atoms with Gasteiger partial charge in [0, 0.05) is 0 Å². The van der Waals surface area contributed by atoms with Gasteiger partial charge in [0.15, 0.2) is 0 Å². The molecule has 0 radical (unpaired) electrons. The van der Waals surface area contributed by atoms with E-state index in [1.54, 1.807) is 0 Å². The zero-order chi connectivity index (χ0) is 16.2. The molecule has 0 atom stereocenters. The Kier molecular flexibility index (Phi) is 9.36. The molecular formula is C19H31NO2. The second kappa shape index (κ2) is 11.1. The molecule has 0 aromatic heterocycles. The van der Waals surface area contributed by atoms with E-state index in [1.165, 1.54) is 50.5 Å². The van der Waals surface area contributed by atoms with Gasteiger partial charge in [-0.3, -0.25) is 0 Å². The zero-order valence-electron chi connectivity index (χ0n) is 14.2. The minimum absolute atomic E-state index is 0.626. The number of carbonyl (C=O) groups excluding carboxylic acids is 1. The Bertz CT molecular complexity index is 443. The molecule has 3 heteroatoms. The minimum Gasteiger partial charge on any atom is -0.410 e. The molecule has 0 unspecified atom stereocenters. The van der Waals surface area contributed by atoms with E-state index < -0.39 is 6.09 Å². The van der Waals surface area contributed by atoms with Gasteiger partial charge in [0.05, 0.1) is 0 Å². The summed E-state index contributed by atoms with van der Waals surface area (Å²) in [6.07, 6.45) is 11.2. The molecule has 0 bridgehead atoms. The topological polar surface area (TPSA) is 52.3 Å². The summed E-state index contributed by atoms with van der Waals surface area (Å²) < 4.78 is 5.14. The van der Waals surface area contributed by atoms with Gasteiger partial charge in [-0.2, -0.15) is 0 Å². The van der Waals surface area contributed by atoms with Gasteiger partial charge < -0.3 is 10.5 Å². The Morgan fingerprint density at radius 1 is 0.955 bits per heavy atom. The van der Waals surface area contributed by atoms with Crippen molar-refractivity contribution in [1.29, 1.82) is 0 Å². The maximum Gasteiger partial charge on any atom is 0.409 e. The highest BCUT2D eigenvalue weighted by molar-refractivity contribution is 5.68. The predicted molar refractivity (Wildman–Crippen MR) is 92.3 cm³/mol. The lowest BCUT2D eigenvalue weighted by molar-refractivity contribution is 0.210. The standard InChI is InChI=1S/C19H31NO2/c1-3-5-7-9-11-16-13-14-18(22-19(20)21)17(15-16)12-10-8-6-4-2/h13-15H,3-12H2,1-2H3,(H2,20,21). The van der Waals surface area contributed by atoms with Crippen LogP contribution in [-0.2, 0) is 12.8 Å². The van der Waals surface area contributed by atoms with Crippen LogP contribution in [0.4, 0.5) is 4.79 Å². The van der Waals surface area contributed by atoms with Gasteiger partial charge in [0.25, 0.3) is 0 Å². The number of carbonyl (C=O) groups is 1. The fourth-order valence-electron chi connectivity index (χ4n) is 2.69. The first-order chi connectivity index (χ1) is 10.7. The highest BCUT2D eigenvalue weighted by atomic mass is 16.5. The summed E-state index contributed by atoms with van der Waals surface area (Å²) in [6.45, 7) is 4.43. The number of hydrogen-bond acceptors (Lipinski definition) is 2. The van der Waals surface area contributed by atoms with Crippen LogP contribution in [0.3, 0.4) is 0 Å². The van der Waals surface area contributed by atoms with Crippen molar-refractivity contribution in [3.63, 3.8) is 0 Å². The number of rotatable bonds is 11. The second-order valence-corrected chi connectivity index (χ2v) is 5.98. The summed E-state index contributed by atoms with van der Waals surface area (Å²) in [5.74, 6) is 0.626. The van der Waals surface area contributed by atoms with Crippen LogP contribution in [0, 0.1) is 0 Å². The Hall–Kier alpha value is -1.51. The number of nitrogens with two attached hydrogens (primary N) is 1. The maximum absolute atomic E-state index is 11.0. The van der Waals surface area contributed by atoms with Crippen LogP contribution in [0.2, 0.25) is 0 Å². The Morgan fingerprint density at radius 3 is 2.18 bits per heavy atom. The molecule has 3 nitrogen and oxygen atoms in total. The number of primary amides is 1. The largest absolute Gasteiger partial charge is 0.410 e. The maximum atomic E-state index is 11.0. The Morgan fingerprint density at radius 2 is 1.59 bits per heavy atom. The molecule has 0 saturated heterocycles. The van der Waals surface area contributed by atoms with Gasteiger partial charge in [-0.05, 0) is 42.9 Å². The lowest BCUT2D eigenvalue weighted by Crippen LogP contribution is -2.17. The molecule has 0 aliphatic heterocycles. The molecule has 0 spiro atoms. The van der Waals surface area contributed by atoms with E-state index in [9.17, 15) is 4.79 Å². The third-order valence-corrected chi connectivity index (χ3v) is 3.95. The van der Waals surface area contributed by atoms with Crippen LogP contribution in [0.15, 0.2) is 18.2 Å². The highest BCUT2D eigenvalue weighted by Gasteiger charge is 2.08. The summed E-state index contributed by atoms with van der Waals surface area (Å²) in [7, 11) is 0. The summed E-state index contributed by atoms with van der Waals surface area (Å²) in [6, 6.07) is 6.14. The highest BCUT2D eigenvalue weighted by Crippen LogP contribution is 2.24. The molecule has 2 N–H and O–H groups in total. The first-order valence-electron chi connectivity index (χ1n) is 8.76. The van der Waals surface area contributed by atoms with Crippen LogP contribution in [0.1, 0.15) is 76.3 Å². The van der Waals surface area contributed by atoms with Crippen molar-refractivity contribution in [3.05, 3.63) is 29.3 Å². The van der Waals surface area contributed by atoms with E-state index in [2.05, 4.69) is 26.0 Å². The quantitative estimate of drug-likeness (QED) is 0.557. The van der Waals surface area contributed by atoms with Crippen molar-refractivity contribution in [2.45, 2.75) is 78.1 Å². The summed E-state index contributed by atoms with van der Waals surface area (Å²) in [5, 5.41) is 0. The smallest absolute Gasteiger partial charge is 0.409 e. The van der Waals surface area contributed by atoms with Crippen LogP contribution in [0.5, 0.6) is 5.75 Å². The third-order valence-electron chi connectivity index (χ3n) is 3.95. The molecule has 0 aliphatic carbocycles. The third kappa shape index (κ3) is 7.48. The molecule has 22 heavy (non-hydrogen) atoms. The summed E-state index contributed by atoms with van der Waals surface area (Å²) in [4.78, 5) is 11.0. The predicted octanol–water partition coefficient (Wildman–Crippen LogP) is 5.39. The lowest BCUT2D eigenvalue weighted by Gasteiger charge is -2.11. The van der Waals surface area contributed by atoms with Gasteiger partial charge in [0.1, 0.15) is 5.75 Å². The van der Waals surface area contributed by atoms with Gasteiger partial charge in [-0.25, -0.2) is 4.79 Å². The van der Waals surface area contributed by atoms with E-state index in [1.807, 2.05) is 6.07 Å². The molecule has 0 fully saturated rings. The van der Waals surface area contributed by atoms with E-state index in [4.69, 9.17) is 10.5 Å². The van der Waals surface area contributed by atoms with Crippen LogP contribution < -0.4 is 10.5 Å². The number of hydrogen-bond donors (Lipinski definition) is 1. The minimum atomic E-state index is -0.731. The molecule has 1 amide bonds. The van der Waals surface area contributed by atoms with E-state index in [0.717, 1.165) is 24.8 Å². The number of ether oxygens (including phenoxy) is 1. The fourth-order valence-corrected chi connectivity index (χ4v) is 2.69. The molecule has 1 rings (SSSR count). The molecule has 0 aliphatic rings. The van der Waals surface area contributed by atoms with Gasteiger partial charge in [0.2, 0.25) is 0 Å². The first-order valence-corrected chi connectivity index (χ1v) is 8.76. The van der Waals surface area contributed by atoms with Crippen molar-refractivity contribution in [2.75, 3.05) is 0 Å². The fraction of sp³-hybridized carbons (Fsp3) is 0.632. The monoisotopic (exact) mass is 305 g/mol. The molecule has 0 heterocycles. The Balaban J connectivity index is 2.65. The van der Waals surface area contributed by atoms with E-state index in [0.29, 0.717) is 5.75 Å². The molecule has 0 saturated carbocycles. The van der Waals surface area contributed by atoms with E-state index in [-0.39, 0.29) is 0 Å². The average molecular weight is 305 g/mol. The second-order valence-electron chi connectivity index (χ2n) is 5.98. The number of aryl methyl sites for hydroxylation is 2. The average Bonchev–Trinajstić information content (AvgIpc) is 2.49. The van der Waals surface area contributed by atoms with Crippen molar-refractivity contribution in [1.82, 2.24) is 0 Å². The molecule has 124 valence electrons. The van der Waals surface area contributed by atoms with Crippen LogP contribution in [-0.4, -0.2) is 6.09 Å². The first kappa shape index (κ1) is 18.5. The van der Waals surface area contributed by atoms with Crippen molar-refractivity contribution in [3.8, 4) is 5.75 Å². The van der Waals surface area contributed by atoms with Crippen molar-refractivity contribution >= 4 is 6.09 Å². The number of amides is 1. The number of unbranched alkanes of at least 4 members (excludes halogenated alkanes) is 6. The SMILES string of the molecule is CCCCCCc1ccc(OC(N)=O)c(CCCCCC)c1. The van der Waals surface area contributed by atoms with Gasteiger partial charge >= 0.3 is 6.09 Å². The van der Waals surface area contributed by atoms with Crippen LogP contribution >= 0.6 is 0 Å². The van der Waals surface area contributed by atoms with Crippen LogP contribution in [0.25, 0.3) is 0 Å².